The summed E-state index contributed by atoms with van der Waals surface area (Å²) in [6.07, 6.45) is 2.98. The van der Waals surface area contributed by atoms with Gasteiger partial charge in [0, 0.05) is 42.7 Å². The fourth-order valence-corrected chi connectivity index (χ4v) is 4.64. The van der Waals surface area contributed by atoms with Gasteiger partial charge in [0.2, 0.25) is 0 Å². The highest BCUT2D eigenvalue weighted by atomic mass is 35.5. The van der Waals surface area contributed by atoms with Crippen LogP contribution >= 0.6 is 11.6 Å². The zero-order valence-corrected chi connectivity index (χ0v) is 23.2. The Kier molecular flexibility index (Phi) is 9.40. The molecule has 3 rings (SSSR count). The average molecular weight is 514 g/mol. The van der Waals surface area contributed by atoms with Gasteiger partial charge in [-0.15, -0.1) is 0 Å². The van der Waals surface area contributed by atoms with Crippen molar-refractivity contribution in [2.75, 3.05) is 18.0 Å². The summed E-state index contributed by atoms with van der Waals surface area (Å²) in [5.74, 6) is 1.69. The molecule has 0 spiro atoms. The molecule has 1 aromatic carbocycles. The second kappa shape index (κ2) is 12.1. The van der Waals surface area contributed by atoms with E-state index >= 15 is 0 Å². The van der Waals surface area contributed by atoms with Crippen LogP contribution in [0.4, 0.5) is 10.6 Å². The lowest BCUT2D eigenvalue weighted by Crippen LogP contribution is -2.34. The Bertz CT molecular complexity index is 1070. The van der Waals surface area contributed by atoms with Crippen LogP contribution in [-0.2, 0) is 22.5 Å². The molecule has 0 saturated carbocycles. The highest BCUT2D eigenvalue weighted by molar-refractivity contribution is 6.31. The molecule has 2 aromatic rings. The molecule has 196 valence electrons. The molecule has 1 aliphatic heterocycles. The molecule has 0 radical (unpaired) electrons. The number of pyridine rings is 1. The maximum Gasteiger partial charge on any atom is 0.407 e. The Hall–Kier alpha value is -2.60. The van der Waals surface area contributed by atoms with Gasteiger partial charge in [0.05, 0.1) is 0 Å². The van der Waals surface area contributed by atoms with Crippen molar-refractivity contribution in [2.24, 2.45) is 5.92 Å². The summed E-state index contributed by atoms with van der Waals surface area (Å²) in [5.41, 5.74) is 3.23. The van der Waals surface area contributed by atoms with Gasteiger partial charge in [0.25, 0.3) is 0 Å². The zero-order chi connectivity index (χ0) is 26.5. The van der Waals surface area contributed by atoms with Crippen molar-refractivity contribution in [3.05, 3.63) is 57.7 Å². The Labute approximate surface area is 220 Å². The number of hydrogen-bond donors (Lipinski definition) is 1. The van der Waals surface area contributed by atoms with E-state index in [4.69, 9.17) is 21.3 Å². The maximum absolute atomic E-state index is 13.1. The van der Waals surface area contributed by atoms with Crippen molar-refractivity contribution in [3.63, 3.8) is 0 Å². The number of amides is 1. The molecular weight excluding hydrogens is 474 g/mol. The maximum atomic E-state index is 13.1. The standard InChI is InChI=1S/C29H40ClN3O3/c1-19-13-15-33(16-14-19)27-22(8-7-20(2)32-27)11-12-26(34)21(3)23-9-10-24(25(30)17-23)18-31-28(35)36-29(4,5)6/h7-10,17,19,21H,11-16,18H2,1-6H3,(H,31,35). The van der Waals surface area contributed by atoms with E-state index in [1.807, 2.05) is 58.9 Å². The number of alkyl carbamates (subject to hydrolysis) is 1. The Morgan fingerprint density at radius 1 is 1.17 bits per heavy atom. The first-order valence-electron chi connectivity index (χ1n) is 12.9. The summed E-state index contributed by atoms with van der Waals surface area (Å²) >= 11 is 6.48. The number of piperidine rings is 1. The summed E-state index contributed by atoms with van der Waals surface area (Å²) < 4.78 is 5.27. The van der Waals surface area contributed by atoms with Gasteiger partial charge in [-0.3, -0.25) is 4.79 Å². The quantitative estimate of drug-likeness (QED) is 0.430. The summed E-state index contributed by atoms with van der Waals surface area (Å²) in [6, 6.07) is 9.75. The minimum absolute atomic E-state index is 0.171. The molecule has 1 aromatic heterocycles. The van der Waals surface area contributed by atoms with E-state index < -0.39 is 11.7 Å². The van der Waals surface area contributed by atoms with Gasteiger partial charge in [-0.05, 0) is 81.7 Å². The van der Waals surface area contributed by atoms with E-state index in [0.717, 1.165) is 47.2 Å². The van der Waals surface area contributed by atoms with Gasteiger partial charge in [0.1, 0.15) is 17.2 Å². The second-order valence-electron chi connectivity index (χ2n) is 11.0. The fraction of sp³-hybridized carbons (Fsp3) is 0.552. The van der Waals surface area contributed by atoms with Crippen LogP contribution in [0.1, 0.15) is 82.2 Å². The van der Waals surface area contributed by atoms with Crippen molar-refractivity contribution < 1.29 is 14.3 Å². The first-order valence-corrected chi connectivity index (χ1v) is 13.3. The molecule has 7 heteroatoms. The van der Waals surface area contributed by atoms with Gasteiger partial charge < -0.3 is 15.0 Å². The predicted molar refractivity (Wildman–Crippen MR) is 146 cm³/mol. The third kappa shape index (κ3) is 7.95. The number of Topliss-reactive ketones (excluding diaryl/α,β-unsaturated/α-hetero) is 1. The summed E-state index contributed by atoms with van der Waals surface area (Å²) in [4.78, 5) is 32.2. The number of carbonyl (C=O) groups excluding carboxylic acids is 2. The van der Waals surface area contributed by atoms with Crippen LogP contribution in [0.5, 0.6) is 0 Å². The smallest absolute Gasteiger partial charge is 0.407 e. The lowest BCUT2D eigenvalue weighted by atomic mass is 9.92. The zero-order valence-electron chi connectivity index (χ0n) is 22.5. The van der Waals surface area contributed by atoms with Crippen molar-refractivity contribution in [1.29, 1.82) is 0 Å². The van der Waals surface area contributed by atoms with E-state index in [1.54, 1.807) is 0 Å². The largest absolute Gasteiger partial charge is 0.444 e. The molecule has 6 nitrogen and oxygen atoms in total. The van der Waals surface area contributed by atoms with Crippen LogP contribution in [0.25, 0.3) is 0 Å². The number of carbonyl (C=O) groups is 2. The Morgan fingerprint density at radius 2 is 1.83 bits per heavy atom. The number of nitrogens with zero attached hydrogens (tertiary/aromatic N) is 2. The molecule has 1 fully saturated rings. The Morgan fingerprint density at radius 3 is 2.47 bits per heavy atom. The number of halogens is 1. The second-order valence-corrected chi connectivity index (χ2v) is 11.4. The monoisotopic (exact) mass is 513 g/mol. The van der Waals surface area contributed by atoms with E-state index in [9.17, 15) is 9.59 Å². The summed E-state index contributed by atoms with van der Waals surface area (Å²) in [5, 5.41) is 3.24. The minimum Gasteiger partial charge on any atom is -0.444 e. The predicted octanol–water partition coefficient (Wildman–Crippen LogP) is 6.61. The summed E-state index contributed by atoms with van der Waals surface area (Å²) in [6.45, 7) is 14.0. The molecule has 36 heavy (non-hydrogen) atoms. The topological polar surface area (TPSA) is 71.5 Å². The molecule has 1 amide bonds. The van der Waals surface area contributed by atoms with E-state index in [0.29, 0.717) is 17.9 Å². The number of ketones is 1. The van der Waals surface area contributed by atoms with Gasteiger partial charge >= 0.3 is 6.09 Å². The molecule has 0 aliphatic carbocycles. The van der Waals surface area contributed by atoms with E-state index in [2.05, 4.69) is 23.2 Å². The van der Waals surface area contributed by atoms with Crippen molar-refractivity contribution >= 4 is 29.3 Å². The molecule has 1 saturated heterocycles. The molecular formula is C29H40ClN3O3. The number of nitrogens with one attached hydrogen (secondary N) is 1. The first kappa shape index (κ1) is 28.0. The number of rotatable bonds is 8. The van der Waals surface area contributed by atoms with Crippen LogP contribution in [0, 0.1) is 12.8 Å². The molecule has 1 unspecified atom stereocenters. The van der Waals surface area contributed by atoms with Crippen LogP contribution < -0.4 is 10.2 Å². The number of aryl methyl sites for hydroxylation is 2. The van der Waals surface area contributed by atoms with Gasteiger partial charge in [0.15, 0.2) is 0 Å². The molecule has 1 N–H and O–H groups in total. The minimum atomic E-state index is -0.560. The van der Waals surface area contributed by atoms with Crippen molar-refractivity contribution in [2.45, 2.75) is 85.3 Å². The molecule has 2 heterocycles. The van der Waals surface area contributed by atoms with Crippen LogP contribution in [0.2, 0.25) is 5.02 Å². The van der Waals surface area contributed by atoms with Gasteiger partial charge in [-0.25, -0.2) is 9.78 Å². The molecule has 1 atom stereocenters. The number of anilines is 1. The summed E-state index contributed by atoms with van der Waals surface area (Å²) in [7, 11) is 0. The van der Waals surface area contributed by atoms with Gasteiger partial charge in [-0.1, -0.05) is 43.6 Å². The Balaban J connectivity index is 1.60. The van der Waals surface area contributed by atoms with Crippen molar-refractivity contribution in [1.82, 2.24) is 10.3 Å². The number of ether oxygens (including phenoxy) is 1. The fourth-order valence-electron chi connectivity index (χ4n) is 4.38. The number of benzene rings is 1. The SMILES string of the molecule is Cc1ccc(CCC(=O)C(C)c2ccc(CNC(=O)OC(C)(C)C)c(Cl)c2)c(N2CCC(C)CC2)n1. The first-order chi connectivity index (χ1) is 16.9. The molecule has 1 aliphatic rings. The highest BCUT2D eigenvalue weighted by Gasteiger charge is 2.22. The lowest BCUT2D eigenvalue weighted by Gasteiger charge is -2.32. The highest BCUT2D eigenvalue weighted by Crippen LogP contribution is 2.28. The number of aromatic nitrogens is 1. The number of hydrogen-bond acceptors (Lipinski definition) is 5. The molecule has 0 bridgehead atoms. The average Bonchev–Trinajstić information content (AvgIpc) is 2.81. The van der Waals surface area contributed by atoms with Crippen LogP contribution in [-0.4, -0.2) is 35.6 Å². The normalized spacial score (nSPS) is 15.5. The van der Waals surface area contributed by atoms with E-state index in [-0.39, 0.29) is 18.2 Å². The third-order valence-electron chi connectivity index (χ3n) is 6.70. The van der Waals surface area contributed by atoms with E-state index in [1.165, 1.54) is 12.8 Å². The van der Waals surface area contributed by atoms with Crippen molar-refractivity contribution in [3.8, 4) is 0 Å². The van der Waals surface area contributed by atoms with Crippen LogP contribution in [0.3, 0.4) is 0 Å². The van der Waals surface area contributed by atoms with Gasteiger partial charge in [-0.2, -0.15) is 0 Å². The van der Waals surface area contributed by atoms with Crippen LogP contribution in [0.15, 0.2) is 30.3 Å². The third-order valence-corrected chi connectivity index (χ3v) is 7.05. The lowest BCUT2D eigenvalue weighted by molar-refractivity contribution is -0.120.